The van der Waals surface area contributed by atoms with Gasteiger partial charge in [-0.2, -0.15) is 0 Å². The molecule has 27 heavy (non-hydrogen) atoms. The number of esters is 2. The molecule has 1 aromatic heterocycles. The lowest BCUT2D eigenvalue weighted by molar-refractivity contribution is 0.0527. The molecule has 2 rings (SSSR count). The molecule has 144 valence electrons. The molecule has 0 fully saturated rings. The van der Waals surface area contributed by atoms with Crippen molar-refractivity contribution in [2.75, 3.05) is 29.6 Å². The van der Waals surface area contributed by atoms with Gasteiger partial charge in [0.1, 0.15) is 9.88 Å². The molecule has 0 saturated heterocycles. The third-order valence-electron chi connectivity index (χ3n) is 3.48. The highest BCUT2D eigenvalue weighted by Gasteiger charge is 2.26. The second kappa shape index (κ2) is 9.33. The van der Waals surface area contributed by atoms with Gasteiger partial charge in [0.05, 0.1) is 18.8 Å². The molecule has 0 bridgehead atoms. The molecule has 0 aliphatic heterocycles. The van der Waals surface area contributed by atoms with Crippen LogP contribution in [0.1, 0.15) is 39.4 Å². The first-order valence-electron chi connectivity index (χ1n) is 8.28. The van der Waals surface area contributed by atoms with E-state index in [1.807, 2.05) is 0 Å². The van der Waals surface area contributed by atoms with E-state index in [1.54, 1.807) is 45.0 Å². The third-order valence-corrected chi connectivity index (χ3v) is 4.87. The molecule has 0 radical (unpaired) electrons. The predicted molar refractivity (Wildman–Crippen MR) is 112 cm³/mol. The molecule has 9 heteroatoms. The number of carbonyl (C=O) groups excluding carboxylic acids is 2. The van der Waals surface area contributed by atoms with Crippen molar-refractivity contribution in [1.82, 2.24) is 0 Å². The third kappa shape index (κ3) is 5.18. The molecule has 0 saturated carbocycles. The number of thiophene rings is 1. The average Bonchev–Trinajstić information content (AvgIpc) is 2.93. The molecule has 0 unspecified atom stereocenters. The van der Waals surface area contributed by atoms with Crippen molar-refractivity contribution in [3.8, 4) is 0 Å². The fourth-order valence-electron chi connectivity index (χ4n) is 2.27. The highest BCUT2D eigenvalue weighted by molar-refractivity contribution is 7.80. The van der Waals surface area contributed by atoms with Gasteiger partial charge < -0.3 is 25.8 Å². The minimum atomic E-state index is -0.528. The predicted octanol–water partition coefficient (Wildman–Crippen LogP) is 3.80. The fraction of sp³-hybridized carbons (Fsp3) is 0.278. The maximum Gasteiger partial charge on any atom is 0.348 e. The van der Waals surface area contributed by atoms with Crippen LogP contribution >= 0.6 is 23.6 Å². The number of thiocarbonyl (C=S) groups is 1. The van der Waals surface area contributed by atoms with Crippen molar-refractivity contribution in [2.24, 2.45) is 0 Å². The Morgan fingerprint density at radius 2 is 1.67 bits per heavy atom. The van der Waals surface area contributed by atoms with Gasteiger partial charge in [0.15, 0.2) is 5.11 Å². The van der Waals surface area contributed by atoms with Crippen molar-refractivity contribution in [3.05, 3.63) is 40.3 Å². The first-order valence-corrected chi connectivity index (χ1v) is 9.51. The van der Waals surface area contributed by atoms with E-state index in [0.29, 0.717) is 21.1 Å². The van der Waals surface area contributed by atoms with Crippen LogP contribution in [0.15, 0.2) is 24.3 Å². The maximum atomic E-state index is 12.4. The zero-order valence-corrected chi connectivity index (χ0v) is 16.9. The molecular weight excluding hydrogens is 386 g/mol. The van der Waals surface area contributed by atoms with Crippen LogP contribution < -0.4 is 16.4 Å². The Kier molecular flexibility index (Phi) is 7.14. The minimum Gasteiger partial charge on any atom is -0.462 e. The zero-order valence-electron chi connectivity index (χ0n) is 15.3. The van der Waals surface area contributed by atoms with Gasteiger partial charge in [-0.3, -0.25) is 0 Å². The number of carbonyl (C=O) groups is 2. The number of ether oxygens (including phenoxy) is 2. The average molecular weight is 408 g/mol. The quantitative estimate of drug-likeness (QED) is 0.377. The van der Waals surface area contributed by atoms with E-state index < -0.39 is 11.9 Å². The molecule has 0 amide bonds. The van der Waals surface area contributed by atoms with E-state index in [2.05, 4.69) is 10.6 Å². The summed E-state index contributed by atoms with van der Waals surface area (Å²) in [4.78, 5) is 24.9. The number of nitrogens with two attached hydrogens (primary N) is 1. The lowest BCUT2D eigenvalue weighted by Crippen LogP contribution is -2.20. The number of hydrogen-bond acceptors (Lipinski definition) is 7. The van der Waals surface area contributed by atoms with Crippen LogP contribution in [-0.2, 0) is 9.47 Å². The summed E-state index contributed by atoms with van der Waals surface area (Å²) in [7, 11) is 0. The topological polar surface area (TPSA) is 103 Å². The summed E-state index contributed by atoms with van der Waals surface area (Å²) in [6.07, 6.45) is 0. The Morgan fingerprint density at radius 3 is 2.26 bits per heavy atom. The highest BCUT2D eigenvalue weighted by Crippen LogP contribution is 2.34. The van der Waals surface area contributed by atoms with E-state index in [0.717, 1.165) is 17.0 Å². The van der Waals surface area contributed by atoms with E-state index >= 15 is 0 Å². The van der Waals surface area contributed by atoms with Crippen LogP contribution in [0.25, 0.3) is 0 Å². The van der Waals surface area contributed by atoms with Crippen LogP contribution in [0.5, 0.6) is 0 Å². The normalized spacial score (nSPS) is 10.2. The number of benzene rings is 1. The molecule has 0 aliphatic carbocycles. The summed E-state index contributed by atoms with van der Waals surface area (Å²) < 4.78 is 10.2. The van der Waals surface area contributed by atoms with Crippen LogP contribution in [0, 0.1) is 6.92 Å². The van der Waals surface area contributed by atoms with Crippen molar-refractivity contribution < 1.29 is 19.1 Å². The smallest absolute Gasteiger partial charge is 0.348 e. The second-order valence-corrected chi connectivity index (χ2v) is 6.83. The summed E-state index contributed by atoms with van der Waals surface area (Å²) in [5.41, 5.74) is 7.80. The van der Waals surface area contributed by atoms with Crippen molar-refractivity contribution in [2.45, 2.75) is 20.8 Å². The van der Waals surface area contributed by atoms with Crippen LogP contribution in [0.4, 0.5) is 16.4 Å². The molecule has 0 atom stereocenters. The summed E-state index contributed by atoms with van der Waals surface area (Å²) in [6.45, 7) is 5.57. The van der Waals surface area contributed by atoms with Crippen LogP contribution in [0.3, 0.4) is 0 Å². The summed E-state index contributed by atoms with van der Waals surface area (Å²) in [5, 5.41) is 6.66. The largest absolute Gasteiger partial charge is 0.462 e. The minimum absolute atomic E-state index is 0.219. The van der Waals surface area contributed by atoms with Gasteiger partial charge in [-0.05, 0) is 62.8 Å². The van der Waals surface area contributed by atoms with Gasteiger partial charge >= 0.3 is 11.9 Å². The van der Waals surface area contributed by atoms with Gasteiger partial charge in [-0.25, -0.2) is 9.59 Å². The number of nitrogen functional groups attached to an aromatic ring is 1. The Balaban J connectivity index is 2.28. The Morgan fingerprint density at radius 1 is 1.07 bits per heavy atom. The first kappa shape index (κ1) is 20.7. The molecule has 7 nitrogen and oxygen atoms in total. The van der Waals surface area contributed by atoms with E-state index in [-0.39, 0.29) is 23.9 Å². The number of hydrogen-bond donors (Lipinski definition) is 3. The zero-order chi connectivity index (χ0) is 20.0. The van der Waals surface area contributed by atoms with Crippen LogP contribution in [-0.4, -0.2) is 30.3 Å². The van der Waals surface area contributed by atoms with Crippen molar-refractivity contribution in [1.29, 1.82) is 0 Å². The van der Waals surface area contributed by atoms with Gasteiger partial charge in [0.2, 0.25) is 0 Å². The summed E-state index contributed by atoms with van der Waals surface area (Å²) >= 11 is 6.41. The van der Waals surface area contributed by atoms with Crippen LogP contribution in [0.2, 0.25) is 0 Å². The lowest BCUT2D eigenvalue weighted by Gasteiger charge is -2.11. The van der Waals surface area contributed by atoms with E-state index in [4.69, 9.17) is 27.4 Å². The van der Waals surface area contributed by atoms with Crippen molar-refractivity contribution >= 4 is 57.0 Å². The molecule has 0 aliphatic rings. The number of anilines is 3. The molecule has 0 spiro atoms. The number of rotatable bonds is 6. The number of nitrogens with one attached hydrogen (secondary N) is 2. The maximum absolute atomic E-state index is 12.4. The molecule has 2 aromatic rings. The molecule has 1 heterocycles. The molecule has 1 aromatic carbocycles. The van der Waals surface area contributed by atoms with Gasteiger partial charge in [-0.1, -0.05) is 0 Å². The summed E-state index contributed by atoms with van der Waals surface area (Å²) in [5.74, 6) is -1.02. The highest BCUT2D eigenvalue weighted by atomic mass is 32.1. The Labute approximate surface area is 166 Å². The SMILES string of the molecule is CCOC(=O)c1sc(NC(=S)Nc2ccc(N)cc2)c(C(=O)OCC)c1C. The Hall–Kier alpha value is -2.65. The van der Waals surface area contributed by atoms with Gasteiger partial charge in [0, 0.05) is 11.4 Å². The molecule has 4 N–H and O–H groups in total. The standard InChI is InChI=1S/C18H21N3O4S2/c1-4-24-16(22)13-10(3)14(17(23)25-5-2)27-15(13)21-18(26)20-12-8-6-11(19)7-9-12/h6-9H,4-5,19H2,1-3H3,(H2,20,21,26). The van der Waals surface area contributed by atoms with E-state index in [1.165, 1.54) is 0 Å². The second-order valence-electron chi connectivity index (χ2n) is 5.40. The lowest BCUT2D eigenvalue weighted by atomic mass is 10.1. The van der Waals surface area contributed by atoms with Crippen molar-refractivity contribution in [3.63, 3.8) is 0 Å². The Bertz CT molecular complexity index is 847. The molecular formula is C18H21N3O4S2. The fourth-order valence-corrected chi connectivity index (χ4v) is 3.65. The van der Waals surface area contributed by atoms with Gasteiger partial charge in [0.25, 0.3) is 0 Å². The van der Waals surface area contributed by atoms with Gasteiger partial charge in [-0.15, -0.1) is 11.3 Å². The first-order chi connectivity index (χ1) is 12.9. The summed E-state index contributed by atoms with van der Waals surface area (Å²) in [6, 6.07) is 7.03. The van der Waals surface area contributed by atoms with E-state index in [9.17, 15) is 9.59 Å². The monoisotopic (exact) mass is 407 g/mol.